The maximum atomic E-state index is 13.3. The van der Waals surface area contributed by atoms with Gasteiger partial charge in [-0.25, -0.2) is 0 Å². The zero-order valence-electron chi connectivity index (χ0n) is 19.1. The lowest BCUT2D eigenvalue weighted by molar-refractivity contribution is -0.143. The third-order valence-electron chi connectivity index (χ3n) is 5.46. The van der Waals surface area contributed by atoms with Gasteiger partial charge in [-0.1, -0.05) is 72.8 Å². The molecule has 0 unspecified atom stereocenters. The number of para-hydroxylation sites is 1. The number of carbonyl (C=O) groups excluding carboxylic acids is 2. The van der Waals surface area contributed by atoms with Crippen molar-refractivity contribution in [1.29, 1.82) is 0 Å². The van der Waals surface area contributed by atoms with E-state index >= 15 is 0 Å². The number of nitrogens with one attached hydrogen (secondary N) is 1. The molecule has 2 aliphatic rings. The van der Waals surface area contributed by atoms with Crippen molar-refractivity contribution in [2.24, 2.45) is 0 Å². The fourth-order valence-corrected chi connectivity index (χ4v) is 3.88. The van der Waals surface area contributed by atoms with Gasteiger partial charge in [-0.2, -0.15) is 0 Å². The molecule has 5 nitrogen and oxygen atoms in total. The average Bonchev–Trinajstić information content (AvgIpc) is 3.02. The first-order valence-corrected chi connectivity index (χ1v) is 11.4. The fraction of sp³-hybridized carbons (Fsp3) is 0.172. The molecule has 34 heavy (non-hydrogen) atoms. The summed E-state index contributed by atoms with van der Waals surface area (Å²) in [4.78, 5) is 24.8. The molecule has 0 saturated heterocycles. The van der Waals surface area contributed by atoms with Crippen molar-refractivity contribution in [3.8, 4) is 28.0 Å². The van der Waals surface area contributed by atoms with E-state index in [9.17, 15) is 9.59 Å². The highest BCUT2D eigenvalue weighted by Gasteiger charge is 2.19. The SMILES string of the molecule is CCOC(=O)CCCOc1ccccc1C(=O)Nc1cc(-c2ccccc2)c2cccccc1-2. The highest BCUT2D eigenvalue weighted by atomic mass is 16.5. The van der Waals surface area contributed by atoms with E-state index in [1.165, 1.54) is 0 Å². The van der Waals surface area contributed by atoms with Crippen molar-refractivity contribution in [1.82, 2.24) is 0 Å². The molecule has 2 aromatic rings. The summed E-state index contributed by atoms with van der Waals surface area (Å²) in [5.74, 6) is -0.0184. The van der Waals surface area contributed by atoms with Gasteiger partial charge in [0.15, 0.2) is 0 Å². The Hall–Kier alpha value is -4.12. The molecule has 0 spiro atoms. The fourth-order valence-electron chi connectivity index (χ4n) is 3.88. The van der Waals surface area contributed by atoms with E-state index in [2.05, 4.69) is 23.5 Å². The van der Waals surface area contributed by atoms with Crippen LogP contribution in [0.25, 0.3) is 22.3 Å². The van der Waals surface area contributed by atoms with Gasteiger partial charge in [0.1, 0.15) is 5.75 Å². The third-order valence-corrected chi connectivity index (χ3v) is 5.46. The molecule has 2 aliphatic carbocycles. The molecule has 0 aromatic heterocycles. The van der Waals surface area contributed by atoms with Crippen LogP contribution in [0.4, 0.5) is 5.69 Å². The third kappa shape index (κ3) is 5.44. The first kappa shape index (κ1) is 23.1. The minimum Gasteiger partial charge on any atom is -0.493 e. The number of fused-ring (bicyclic) bond motifs is 1. The first-order chi connectivity index (χ1) is 16.7. The molecule has 4 rings (SSSR count). The van der Waals surface area contributed by atoms with Crippen LogP contribution in [0.3, 0.4) is 0 Å². The summed E-state index contributed by atoms with van der Waals surface area (Å²) in [6, 6.07) is 29.3. The number of anilines is 1. The van der Waals surface area contributed by atoms with Gasteiger partial charge >= 0.3 is 5.97 Å². The van der Waals surface area contributed by atoms with Crippen LogP contribution >= 0.6 is 0 Å². The number of hydrogen-bond acceptors (Lipinski definition) is 4. The van der Waals surface area contributed by atoms with Gasteiger partial charge in [0, 0.05) is 17.7 Å². The second-order valence-corrected chi connectivity index (χ2v) is 7.78. The summed E-state index contributed by atoms with van der Waals surface area (Å²) in [7, 11) is 0. The quantitative estimate of drug-likeness (QED) is 0.234. The normalized spacial score (nSPS) is 10.6. The molecular weight excluding hydrogens is 426 g/mol. The molecule has 0 saturated carbocycles. The standard InChI is InChI=1S/C29H27NO4/c1-2-33-28(31)18-11-19-34-27-17-10-9-16-24(27)29(32)30-26-20-25(21-12-5-3-6-13-21)22-14-7-4-8-15-23(22)26/h3-10,12-17,20H,2,11,18-19H2,1H3,(H,30,32). The van der Waals surface area contributed by atoms with Gasteiger partial charge in [0.25, 0.3) is 5.91 Å². The zero-order valence-corrected chi connectivity index (χ0v) is 19.1. The molecule has 0 radical (unpaired) electrons. The minimum absolute atomic E-state index is 0.248. The maximum Gasteiger partial charge on any atom is 0.305 e. The van der Waals surface area contributed by atoms with Gasteiger partial charge in [-0.05, 0) is 48.2 Å². The van der Waals surface area contributed by atoms with E-state index in [1.54, 1.807) is 25.1 Å². The molecular formula is C29H27NO4. The molecule has 0 aliphatic heterocycles. The summed E-state index contributed by atoms with van der Waals surface area (Å²) >= 11 is 0. The minimum atomic E-state index is -0.251. The summed E-state index contributed by atoms with van der Waals surface area (Å²) in [5, 5.41) is 3.08. The second kappa shape index (κ2) is 11.1. The Balaban J connectivity index is 1.54. The van der Waals surface area contributed by atoms with Crippen molar-refractivity contribution >= 4 is 17.6 Å². The Morgan fingerprint density at radius 3 is 2.24 bits per heavy atom. The van der Waals surface area contributed by atoms with Crippen LogP contribution in [0.1, 0.15) is 30.1 Å². The molecule has 1 amide bonds. The van der Waals surface area contributed by atoms with Crippen LogP contribution in [-0.2, 0) is 9.53 Å². The van der Waals surface area contributed by atoms with Crippen LogP contribution in [0, 0.1) is 0 Å². The number of rotatable bonds is 9. The molecule has 5 heteroatoms. The number of carbonyl (C=O) groups is 2. The summed E-state index contributed by atoms with van der Waals surface area (Å²) in [6.07, 6.45) is 0.792. The number of hydrogen-bond donors (Lipinski definition) is 1. The van der Waals surface area contributed by atoms with Crippen LogP contribution in [-0.4, -0.2) is 25.1 Å². The average molecular weight is 454 g/mol. The monoisotopic (exact) mass is 453 g/mol. The highest BCUT2D eigenvalue weighted by Crippen LogP contribution is 2.41. The van der Waals surface area contributed by atoms with E-state index in [-0.39, 0.29) is 18.3 Å². The van der Waals surface area contributed by atoms with Crippen molar-refractivity contribution in [2.45, 2.75) is 19.8 Å². The first-order valence-electron chi connectivity index (χ1n) is 11.4. The summed E-state index contributed by atoms with van der Waals surface area (Å²) in [5.41, 5.74) is 5.36. The highest BCUT2D eigenvalue weighted by molar-refractivity contribution is 6.10. The molecule has 0 heterocycles. The Morgan fingerprint density at radius 1 is 0.794 bits per heavy atom. The molecule has 0 bridgehead atoms. The lowest BCUT2D eigenvalue weighted by Gasteiger charge is -2.12. The largest absolute Gasteiger partial charge is 0.493 e. The van der Waals surface area contributed by atoms with Gasteiger partial charge in [-0.3, -0.25) is 9.59 Å². The van der Waals surface area contributed by atoms with Crippen LogP contribution in [0.2, 0.25) is 0 Å². The van der Waals surface area contributed by atoms with Crippen molar-refractivity contribution in [3.05, 3.63) is 96.6 Å². The number of amides is 1. The van der Waals surface area contributed by atoms with Crippen molar-refractivity contribution in [2.75, 3.05) is 18.5 Å². The van der Waals surface area contributed by atoms with E-state index in [0.29, 0.717) is 30.9 Å². The van der Waals surface area contributed by atoms with Gasteiger partial charge < -0.3 is 14.8 Å². The molecule has 0 fully saturated rings. The lowest BCUT2D eigenvalue weighted by Crippen LogP contribution is -2.14. The number of ether oxygens (including phenoxy) is 2. The summed E-state index contributed by atoms with van der Waals surface area (Å²) < 4.78 is 10.8. The Bertz CT molecular complexity index is 1240. The van der Waals surface area contributed by atoms with Crippen molar-refractivity contribution < 1.29 is 19.1 Å². The van der Waals surface area contributed by atoms with E-state index in [4.69, 9.17) is 9.47 Å². The lowest BCUT2D eigenvalue weighted by atomic mass is 10.0. The van der Waals surface area contributed by atoms with Gasteiger partial charge in [0.05, 0.1) is 18.8 Å². The predicted molar refractivity (Wildman–Crippen MR) is 134 cm³/mol. The Morgan fingerprint density at radius 2 is 1.47 bits per heavy atom. The van der Waals surface area contributed by atoms with E-state index < -0.39 is 0 Å². The van der Waals surface area contributed by atoms with E-state index in [1.807, 2.05) is 54.6 Å². The van der Waals surface area contributed by atoms with Gasteiger partial charge in [-0.15, -0.1) is 0 Å². The molecule has 2 aromatic carbocycles. The van der Waals surface area contributed by atoms with Crippen LogP contribution in [0.5, 0.6) is 5.75 Å². The maximum absolute atomic E-state index is 13.3. The Kier molecular flexibility index (Phi) is 7.56. The topological polar surface area (TPSA) is 64.6 Å². The van der Waals surface area contributed by atoms with E-state index in [0.717, 1.165) is 27.9 Å². The molecule has 172 valence electrons. The Labute approximate surface area is 199 Å². The van der Waals surface area contributed by atoms with Gasteiger partial charge in [0.2, 0.25) is 0 Å². The van der Waals surface area contributed by atoms with Crippen LogP contribution in [0.15, 0.2) is 91.0 Å². The second-order valence-electron chi connectivity index (χ2n) is 7.78. The predicted octanol–water partition coefficient (Wildman–Crippen LogP) is 6.43. The summed E-state index contributed by atoms with van der Waals surface area (Å²) in [6.45, 7) is 2.46. The van der Waals surface area contributed by atoms with Crippen molar-refractivity contribution in [3.63, 3.8) is 0 Å². The number of esters is 1. The zero-order chi connectivity index (χ0) is 23.8. The smallest absolute Gasteiger partial charge is 0.305 e. The van der Waals surface area contributed by atoms with Crippen LogP contribution < -0.4 is 10.1 Å². The molecule has 1 N–H and O–H groups in total. The molecule has 0 atom stereocenters. The number of benzene rings is 2.